The summed E-state index contributed by atoms with van der Waals surface area (Å²) >= 11 is 0. The Morgan fingerprint density at radius 2 is 2.11 bits per heavy atom. The minimum absolute atomic E-state index is 0.0911. The van der Waals surface area contributed by atoms with Gasteiger partial charge in [0.25, 0.3) is 0 Å². The van der Waals surface area contributed by atoms with Gasteiger partial charge in [0, 0.05) is 12.5 Å². The first-order valence-corrected chi connectivity index (χ1v) is 5.83. The molecule has 0 saturated heterocycles. The molecule has 0 spiro atoms. The SMILES string of the molecule is CCC(N)CC(=O)Nc1ccc(C)cc1C(=O)O. The van der Waals surface area contributed by atoms with Crippen molar-refractivity contribution in [3.63, 3.8) is 0 Å². The lowest BCUT2D eigenvalue weighted by Gasteiger charge is -2.11. The van der Waals surface area contributed by atoms with Gasteiger partial charge < -0.3 is 16.2 Å². The van der Waals surface area contributed by atoms with Crippen LogP contribution in [-0.4, -0.2) is 23.0 Å². The van der Waals surface area contributed by atoms with E-state index in [2.05, 4.69) is 5.32 Å². The lowest BCUT2D eigenvalue weighted by molar-refractivity contribution is -0.116. The molecule has 5 heteroatoms. The van der Waals surface area contributed by atoms with Gasteiger partial charge >= 0.3 is 5.97 Å². The number of hydrogen-bond acceptors (Lipinski definition) is 3. The molecule has 0 aromatic heterocycles. The van der Waals surface area contributed by atoms with Crippen molar-refractivity contribution < 1.29 is 14.7 Å². The second-order valence-electron chi connectivity index (χ2n) is 4.27. The Hall–Kier alpha value is -1.88. The Kier molecular flexibility index (Phi) is 4.85. The monoisotopic (exact) mass is 250 g/mol. The van der Waals surface area contributed by atoms with E-state index in [1.54, 1.807) is 19.1 Å². The molecule has 0 bridgehead atoms. The van der Waals surface area contributed by atoms with Crippen LogP contribution in [0.3, 0.4) is 0 Å². The number of nitrogens with two attached hydrogens (primary N) is 1. The van der Waals surface area contributed by atoms with Gasteiger partial charge in [0.05, 0.1) is 11.3 Å². The van der Waals surface area contributed by atoms with Crippen LogP contribution in [0.5, 0.6) is 0 Å². The first-order valence-electron chi connectivity index (χ1n) is 5.83. The van der Waals surface area contributed by atoms with Crippen molar-refractivity contribution in [3.05, 3.63) is 29.3 Å². The van der Waals surface area contributed by atoms with Crippen molar-refractivity contribution in [2.24, 2.45) is 5.73 Å². The molecule has 1 unspecified atom stereocenters. The van der Waals surface area contributed by atoms with Gasteiger partial charge in [-0.2, -0.15) is 0 Å². The van der Waals surface area contributed by atoms with Crippen LogP contribution in [0, 0.1) is 6.92 Å². The number of carbonyl (C=O) groups is 2. The first kappa shape index (κ1) is 14.2. The number of nitrogens with one attached hydrogen (secondary N) is 1. The van der Waals surface area contributed by atoms with Gasteiger partial charge in [0.15, 0.2) is 0 Å². The van der Waals surface area contributed by atoms with Gasteiger partial charge in [0.1, 0.15) is 0 Å². The highest BCUT2D eigenvalue weighted by Gasteiger charge is 2.14. The lowest BCUT2D eigenvalue weighted by atomic mass is 10.1. The van der Waals surface area contributed by atoms with Crippen LogP contribution in [0.2, 0.25) is 0 Å². The van der Waals surface area contributed by atoms with Crippen LogP contribution in [0.25, 0.3) is 0 Å². The zero-order valence-electron chi connectivity index (χ0n) is 10.6. The standard InChI is InChI=1S/C13H18N2O3/c1-3-9(14)7-12(16)15-11-5-4-8(2)6-10(11)13(17)18/h4-6,9H,3,7,14H2,1-2H3,(H,15,16)(H,17,18). The third kappa shape index (κ3) is 3.85. The fourth-order valence-corrected chi connectivity index (χ4v) is 1.53. The average Bonchev–Trinajstić information content (AvgIpc) is 2.30. The molecule has 1 rings (SSSR count). The van der Waals surface area contributed by atoms with Gasteiger partial charge in [-0.25, -0.2) is 4.79 Å². The van der Waals surface area contributed by atoms with Gasteiger partial charge in [-0.05, 0) is 25.5 Å². The lowest BCUT2D eigenvalue weighted by Crippen LogP contribution is -2.26. The maximum atomic E-state index is 11.7. The highest BCUT2D eigenvalue weighted by molar-refractivity contribution is 6.00. The molecule has 0 radical (unpaired) electrons. The second kappa shape index (κ2) is 6.16. The summed E-state index contributed by atoms with van der Waals surface area (Å²) in [7, 11) is 0. The van der Waals surface area contributed by atoms with Crippen molar-refractivity contribution in [1.29, 1.82) is 0 Å². The van der Waals surface area contributed by atoms with Crippen molar-refractivity contribution >= 4 is 17.6 Å². The first-order chi connectivity index (χ1) is 8.43. The van der Waals surface area contributed by atoms with E-state index in [1.165, 1.54) is 6.07 Å². The third-order valence-electron chi connectivity index (χ3n) is 2.65. The zero-order valence-corrected chi connectivity index (χ0v) is 10.6. The molecule has 1 aromatic rings. The fraction of sp³-hybridized carbons (Fsp3) is 0.385. The number of carbonyl (C=O) groups excluding carboxylic acids is 1. The minimum atomic E-state index is -1.06. The highest BCUT2D eigenvalue weighted by Crippen LogP contribution is 2.17. The highest BCUT2D eigenvalue weighted by atomic mass is 16.4. The summed E-state index contributed by atoms with van der Waals surface area (Å²) in [6, 6.07) is 4.66. The molecule has 0 aliphatic heterocycles. The average molecular weight is 250 g/mol. The summed E-state index contributed by atoms with van der Waals surface area (Å²) in [5.41, 5.74) is 6.90. The number of benzene rings is 1. The molecule has 98 valence electrons. The molecule has 1 atom stereocenters. The molecular weight excluding hydrogens is 232 g/mol. The predicted molar refractivity (Wildman–Crippen MR) is 69.7 cm³/mol. The maximum Gasteiger partial charge on any atom is 0.337 e. The van der Waals surface area contributed by atoms with Gasteiger partial charge in [0.2, 0.25) is 5.91 Å². The normalized spacial score (nSPS) is 11.9. The van der Waals surface area contributed by atoms with Crippen LogP contribution in [0.4, 0.5) is 5.69 Å². The summed E-state index contributed by atoms with van der Waals surface area (Å²) in [4.78, 5) is 22.7. The molecule has 18 heavy (non-hydrogen) atoms. The Labute approximate surface area is 106 Å². The van der Waals surface area contributed by atoms with Crippen molar-refractivity contribution in [3.8, 4) is 0 Å². The summed E-state index contributed by atoms with van der Waals surface area (Å²) in [5.74, 6) is -1.33. The molecule has 1 amide bonds. The predicted octanol–water partition coefficient (Wildman–Crippen LogP) is 1.76. The van der Waals surface area contributed by atoms with Crippen molar-refractivity contribution in [1.82, 2.24) is 0 Å². The minimum Gasteiger partial charge on any atom is -0.478 e. The van der Waals surface area contributed by atoms with E-state index < -0.39 is 5.97 Å². The van der Waals surface area contributed by atoms with E-state index in [-0.39, 0.29) is 23.9 Å². The Bertz CT molecular complexity index is 458. The van der Waals surface area contributed by atoms with E-state index in [0.717, 1.165) is 5.56 Å². The van der Waals surface area contributed by atoms with Crippen LogP contribution >= 0.6 is 0 Å². The smallest absolute Gasteiger partial charge is 0.337 e. The number of hydrogen-bond donors (Lipinski definition) is 3. The number of aryl methyl sites for hydroxylation is 1. The zero-order chi connectivity index (χ0) is 13.7. The largest absolute Gasteiger partial charge is 0.478 e. The van der Waals surface area contributed by atoms with Crippen molar-refractivity contribution in [2.75, 3.05) is 5.32 Å². The number of anilines is 1. The van der Waals surface area contributed by atoms with Crippen LogP contribution < -0.4 is 11.1 Å². The Morgan fingerprint density at radius 3 is 2.67 bits per heavy atom. The van der Waals surface area contributed by atoms with Crippen LogP contribution in [0.15, 0.2) is 18.2 Å². The quantitative estimate of drug-likeness (QED) is 0.742. The number of carboxylic acids is 1. The van der Waals surface area contributed by atoms with E-state index >= 15 is 0 Å². The van der Waals surface area contributed by atoms with Gasteiger partial charge in [-0.15, -0.1) is 0 Å². The van der Waals surface area contributed by atoms with E-state index in [9.17, 15) is 9.59 Å². The third-order valence-corrected chi connectivity index (χ3v) is 2.65. The summed E-state index contributed by atoms with van der Waals surface area (Å²) in [6.07, 6.45) is 0.885. The van der Waals surface area contributed by atoms with E-state index in [1.807, 2.05) is 6.92 Å². The molecule has 0 fully saturated rings. The maximum absolute atomic E-state index is 11.7. The topological polar surface area (TPSA) is 92.4 Å². The Balaban J connectivity index is 2.84. The summed E-state index contributed by atoms with van der Waals surface area (Å²) < 4.78 is 0. The number of rotatable bonds is 5. The Morgan fingerprint density at radius 1 is 1.44 bits per heavy atom. The molecule has 0 saturated carbocycles. The number of aromatic carboxylic acids is 1. The molecule has 0 aliphatic rings. The molecular formula is C13H18N2O3. The van der Waals surface area contributed by atoms with Gasteiger partial charge in [-0.1, -0.05) is 18.6 Å². The molecule has 5 nitrogen and oxygen atoms in total. The molecule has 0 heterocycles. The summed E-state index contributed by atoms with van der Waals surface area (Å²) in [5, 5.41) is 11.6. The van der Waals surface area contributed by atoms with Crippen molar-refractivity contribution in [2.45, 2.75) is 32.7 Å². The molecule has 1 aromatic carbocycles. The number of carboxylic acid groups (broad SMARTS) is 1. The van der Waals surface area contributed by atoms with Crippen LogP contribution in [0.1, 0.15) is 35.7 Å². The summed E-state index contributed by atoms with van der Waals surface area (Å²) in [6.45, 7) is 3.69. The van der Waals surface area contributed by atoms with E-state index in [0.29, 0.717) is 12.1 Å². The van der Waals surface area contributed by atoms with E-state index in [4.69, 9.17) is 10.8 Å². The van der Waals surface area contributed by atoms with Crippen LogP contribution in [-0.2, 0) is 4.79 Å². The second-order valence-corrected chi connectivity index (χ2v) is 4.27. The number of amides is 1. The fourth-order valence-electron chi connectivity index (χ4n) is 1.53. The van der Waals surface area contributed by atoms with Gasteiger partial charge in [-0.3, -0.25) is 4.79 Å². The molecule has 4 N–H and O–H groups in total. The molecule has 0 aliphatic carbocycles.